The molecule has 1 aliphatic heterocycles. The first-order chi connectivity index (χ1) is 5.86. The summed E-state index contributed by atoms with van der Waals surface area (Å²) in [4.78, 5) is 0. The topological polar surface area (TPSA) is 16.6 Å². The van der Waals surface area contributed by atoms with E-state index in [-0.39, 0.29) is 0 Å². The Morgan fingerprint density at radius 2 is 2.00 bits per heavy atom. The van der Waals surface area contributed by atoms with Crippen LogP contribution in [0.4, 0.5) is 4.39 Å². The van der Waals surface area contributed by atoms with Crippen LogP contribution in [0.1, 0.15) is 11.1 Å². The Kier molecular flexibility index (Phi) is 2.09. The van der Waals surface area contributed by atoms with Crippen molar-refractivity contribution in [2.75, 3.05) is 6.54 Å². The van der Waals surface area contributed by atoms with Crippen molar-refractivity contribution in [2.45, 2.75) is 19.1 Å². The average molecular weight is 166 g/mol. The highest BCUT2D eigenvalue weighted by Crippen LogP contribution is 2.12. The van der Waals surface area contributed by atoms with Crippen molar-refractivity contribution in [3.05, 3.63) is 35.4 Å². The predicted molar refractivity (Wildman–Crippen MR) is 45.5 cm³/mol. The molecular weight excluding hydrogens is 153 g/mol. The van der Waals surface area contributed by atoms with E-state index < -0.39 is 6.17 Å². The normalized spacial score (nSPS) is 22.9. The van der Waals surface area contributed by atoms with Gasteiger partial charge in [-0.15, -0.1) is 0 Å². The minimum absolute atomic E-state index is 0.590. The smallest absolute Gasteiger partial charge is 0.153 e. The highest BCUT2D eigenvalue weighted by Gasteiger charge is 2.16. The van der Waals surface area contributed by atoms with Crippen LogP contribution >= 0.6 is 0 Å². The van der Waals surface area contributed by atoms with Gasteiger partial charge in [0.15, 0.2) is 6.17 Å². The summed E-state index contributed by atoms with van der Waals surface area (Å²) < 4.78 is 13.1. The Bertz CT molecular complexity index is 272. The maximum absolute atomic E-state index is 13.1. The molecule has 0 unspecified atom stereocenters. The van der Waals surface area contributed by atoms with E-state index in [4.69, 9.17) is 0 Å². The van der Waals surface area contributed by atoms with Crippen molar-refractivity contribution < 1.29 is 9.71 Å². The lowest BCUT2D eigenvalue weighted by atomic mass is 10.0. The van der Waals surface area contributed by atoms with Crippen LogP contribution in [0.25, 0.3) is 0 Å². The third-order valence-corrected chi connectivity index (χ3v) is 2.35. The SMILES string of the molecule is F[C@@H]1C[NH2+]Cc2ccccc2C1. The van der Waals surface area contributed by atoms with Gasteiger partial charge in [-0.1, -0.05) is 24.3 Å². The van der Waals surface area contributed by atoms with Crippen LogP contribution in [0.15, 0.2) is 24.3 Å². The molecule has 0 radical (unpaired) electrons. The van der Waals surface area contributed by atoms with Crippen LogP contribution in [0.5, 0.6) is 0 Å². The Morgan fingerprint density at radius 3 is 2.83 bits per heavy atom. The maximum Gasteiger partial charge on any atom is 0.153 e. The second-order valence-electron chi connectivity index (χ2n) is 3.30. The number of alkyl halides is 1. The van der Waals surface area contributed by atoms with Gasteiger partial charge in [0.05, 0.1) is 0 Å². The molecule has 64 valence electrons. The monoisotopic (exact) mass is 166 g/mol. The van der Waals surface area contributed by atoms with Gasteiger partial charge in [-0.2, -0.15) is 0 Å². The number of hydrogen-bond donors (Lipinski definition) is 1. The van der Waals surface area contributed by atoms with E-state index in [0.29, 0.717) is 13.0 Å². The van der Waals surface area contributed by atoms with Crippen molar-refractivity contribution in [3.63, 3.8) is 0 Å². The second-order valence-corrected chi connectivity index (χ2v) is 3.30. The molecule has 0 spiro atoms. The lowest BCUT2D eigenvalue weighted by molar-refractivity contribution is -0.673. The van der Waals surface area contributed by atoms with Gasteiger partial charge in [-0.3, -0.25) is 0 Å². The Labute approximate surface area is 71.6 Å². The van der Waals surface area contributed by atoms with E-state index in [9.17, 15) is 4.39 Å². The summed E-state index contributed by atoms with van der Waals surface area (Å²) in [6, 6.07) is 8.12. The predicted octanol–water partition coefficient (Wildman–Crippen LogP) is 0.644. The Morgan fingerprint density at radius 1 is 1.25 bits per heavy atom. The molecule has 1 atom stereocenters. The summed E-state index contributed by atoms with van der Waals surface area (Å²) in [5.41, 5.74) is 2.47. The number of fused-ring (bicyclic) bond motifs is 1. The molecule has 1 aliphatic rings. The number of hydrogen-bond acceptors (Lipinski definition) is 0. The standard InChI is InChI=1S/C10H12FN/c11-10-5-8-3-1-2-4-9(8)6-12-7-10/h1-4,10,12H,5-7H2/p+1/t10-/m0/s1. The summed E-state index contributed by atoms with van der Waals surface area (Å²) in [6.45, 7) is 1.53. The average Bonchev–Trinajstić information content (AvgIpc) is 2.25. The lowest BCUT2D eigenvalue weighted by Gasteiger charge is -2.02. The second kappa shape index (κ2) is 3.23. The van der Waals surface area contributed by atoms with Crippen molar-refractivity contribution in [2.24, 2.45) is 0 Å². The number of nitrogens with two attached hydrogens (primary N) is 1. The first-order valence-electron chi connectivity index (χ1n) is 4.39. The summed E-state index contributed by atoms with van der Waals surface area (Å²) >= 11 is 0. The first kappa shape index (κ1) is 7.74. The van der Waals surface area contributed by atoms with E-state index in [1.54, 1.807) is 0 Å². The molecule has 0 fully saturated rings. The van der Waals surface area contributed by atoms with Crippen LogP contribution < -0.4 is 5.32 Å². The minimum Gasteiger partial charge on any atom is -0.340 e. The molecule has 0 bridgehead atoms. The molecule has 0 aromatic heterocycles. The minimum atomic E-state index is -0.673. The molecule has 1 aromatic rings. The van der Waals surface area contributed by atoms with Crippen LogP contribution in [0.3, 0.4) is 0 Å². The number of quaternary nitrogens is 1. The fourth-order valence-corrected chi connectivity index (χ4v) is 1.70. The lowest BCUT2D eigenvalue weighted by Crippen LogP contribution is -2.83. The number of benzene rings is 1. The molecule has 1 nitrogen and oxygen atoms in total. The maximum atomic E-state index is 13.1. The molecule has 0 amide bonds. The quantitative estimate of drug-likeness (QED) is 0.582. The van der Waals surface area contributed by atoms with E-state index >= 15 is 0 Å². The molecule has 0 saturated heterocycles. The van der Waals surface area contributed by atoms with E-state index in [1.165, 1.54) is 11.1 Å². The number of halogens is 1. The van der Waals surface area contributed by atoms with Crippen LogP contribution in [0.2, 0.25) is 0 Å². The van der Waals surface area contributed by atoms with Crippen molar-refractivity contribution in [1.82, 2.24) is 0 Å². The first-order valence-corrected chi connectivity index (χ1v) is 4.39. The van der Waals surface area contributed by atoms with E-state index in [0.717, 1.165) is 6.54 Å². The van der Waals surface area contributed by atoms with Gasteiger partial charge in [0, 0.05) is 12.0 Å². The van der Waals surface area contributed by atoms with E-state index in [2.05, 4.69) is 6.07 Å². The fraction of sp³-hybridized carbons (Fsp3) is 0.400. The summed E-state index contributed by atoms with van der Waals surface area (Å²) in [5, 5.41) is 2.04. The largest absolute Gasteiger partial charge is 0.340 e. The third-order valence-electron chi connectivity index (χ3n) is 2.35. The van der Waals surface area contributed by atoms with Crippen LogP contribution in [-0.4, -0.2) is 12.7 Å². The van der Waals surface area contributed by atoms with Crippen molar-refractivity contribution in [3.8, 4) is 0 Å². The Balaban J connectivity index is 2.31. The highest BCUT2D eigenvalue weighted by atomic mass is 19.1. The zero-order valence-corrected chi connectivity index (χ0v) is 6.96. The molecular formula is C10H13FN+. The van der Waals surface area contributed by atoms with Gasteiger partial charge in [0.2, 0.25) is 0 Å². The zero-order valence-electron chi connectivity index (χ0n) is 6.96. The third kappa shape index (κ3) is 1.48. The Hall–Kier alpha value is -0.890. The summed E-state index contributed by atoms with van der Waals surface area (Å²) in [5.74, 6) is 0. The van der Waals surface area contributed by atoms with Gasteiger partial charge in [-0.25, -0.2) is 4.39 Å². The molecule has 0 saturated carbocycles. The van der Waals surface area contributed by atoms with Crippen molar-refractivity contribution in [1.29, 1.82) is 0 Å². The van der Waals surface area contributed by atoms with Crippen LogP contribution in [-0.2, 0) is 13.0 Å². The molecule has 2 N–H and O–H groups in total. The molecule has 1 aromatic carbocycles. The van der Waals surface area contributed by atoms with Crippen molar-refractivity contribution >= 4 is 0 Å². The van der Waals surface area contributed by atoms with Gasteiger partial charge >= 0.3 is 0 Å². The van der Waals surface area contributed by atoms with E-state index in [1.807, 2.05) is 23.5 Å². The summed E-state index contributed by atoms with van der Waals surface area (Å²) in [6.07, 6.45) is -0.0826. The van der Waals surface area contributed by atoms with Crippen LogP contribution in [0, 0.1) is 0 Å². The fourth-order valence-electron chi connectivity index (χ4n) is 1.70. The zero-order chi connectivity index (χ0) is 8.39. The molecule has 2 heteroatoms. The highest BCUT2D eigenvalue weighted by molar-refractivity contribution is 5.27. The van der Waals surface area contributed by atoms with Gasteiger partial charge in [-0.05, 0) is 5.56 Å². The van der Waals surface area contributed by atoms with Gasteiger partial charge in [0.1, 0.15) is 13.1 Å². The van der Waals surface area contributed by atoms with Gasteiger partial charge < -0.3 is 5.32 Å². The molecule has 12 heavy (non-hydrogen) atoms. The van der Waals surface area contributed by atoms with Gasteiger partial charge in [0.25, 0.3) is 0 Å². The molecule has 2 rings (SSSR count). The molecule has 1 heterocycles. The number of rotatable bonds is 0. The summed E-state index contributed by atoms with van der Waals surface area (Å²) in [7, 11) is 0. The molecule has 0 aliphatic carbocycles.